The number of fused-ring (bicyclic) bond motifs is 2. The summed E-state index contributed by atoms with van der Waals surface area (Å²) in [6.45, 7) is 2.49. The summed E-state index contributed by atoms with van der Waals surface area (Å²) in [4.78, 5) is 12.9. The lowest BCUT2D eigenvalue weighted by Crippen LogP contribution is -2.26. The van der Waals surface area contributed by atoms with E-state index in [1.165, 1.54) is 0 Å². The number of benzene rings is 1. The Morgan fingerprint density at radius 1 is 1.15 bits per heavy atom. The molecule has 1 aliphatic rings. The van der Waals surface area contributed by atoms with Crippen LogP contribution in [0.4, 0.5) is 5.82 Å². The maximum absolute atomic E-state index is 12.9. The zero-order chi connectivity index (χ0) is 18.6. The SMILES string of the molecule is Cc1ccc(S(=O)(=O)Nc2c3n(c(=O)c4cc(Br)c(Br)n24)CCC3)cc1. The maximum atomic E-state index is 12.9. The quantitative estimate of drug-likeness (QED) is 0.596. The van der Waals surface area contributed by atoms with Gasteiger partial charge in [-0.15, -0.1) is 0 Å². The Labute approximate surface area is 167 Å². The van der Waals surface area contributed by atoms with E-state index in [9.17, 15) is 13.2 Å². The summed E-state index contributed by atoms with van der Waals surface area (Å²) in [5, 5.41) is 0. The second-order valence-electron chi connectivity index (χ2n) is 6.28. The van der Waals surface area contributed by atoms with Crippen LogP contribution in [0.3, 0.4) is 0 Å². The van der Waals surface area contributed by atoms with Gasteiger partial charge in [0.25, 0.3) is 15.6 Å². The highest BCUT2D eigenvalue weighted by atomic mass is 79.9. The van der Waals surface area contributed by atoms with E-state index in [0.717, 1.165) is 12.0 Å². The van der Waals surface area contributed by atoms with Crippen LogP contribution in [-0.2, 0) is 23.0 Å². The average Bonchev–Trinajstić information content (AvgIpc) is 3.19. The minimum absolute atomic E-state index is 0.123. The number of hydrogen-bond acceptors (Lipinski definition) is 3. The van der Waals surface area contributed by atoms with Crippen molar-refractivity contribution >= 4 is 53.2 Å². The first-order chi connectivity index (χ1) is 12.3. The van der Waals surface area contributed by atoms with E-state index < -0.39 is 10.0 Å². The fourth-order valence-electron chi connectivity index (χ4n) is 3.25. The lowest BCUT2D eigenvalue weighted by molar-refractivity contribution is 0.600. The molecule has 0 saturated heterocycles. The van der Waals surface area contributed by atoms with Crippen LogP contribution in [0.15, 0.2) is 49.1 Å². The van der Waals surface area contributed by atoms with Gasteiger partial charge in [0.2, 0.25) is 0 Å². The fourth-order valence-corrected chi connectivity index (χ4v) is 5.21. The molecule has 0 unspecified atom stereocenters. The number of aromatic nitrogens is 2. The van der Waals surface area contributed by atoms with Crippen molar-refractivity contribution in [2.75, 3.05) is 4.72 Å². The van der Waals surface area contributed by atoms with Gasteiger partial charge in [-0.25, -0.2) is 8.42 Å². The summed E-state index contributed by atoms with van der Waals surface area (Å²) in [6, 6.07) is 8.36. The smallest absolute Gasteiger partial charge is 0.275 e. The molecular weight excluding hydrogens is 486 g/mol. The number of sulfonamides is 1. The molecule has 2 aromatic heterocycles. The van der Waals surface area contributed by atoms with Crippen LogP contribution >= 0.6 is 31.9 Å². The maximum Gasteiger partial charge on any atom is 0.275 e. The van der Waals surface area contributed by atoms with E-state index in [1.54, 1.807) is 39.3 Å². The largest absolute Gasteiger partial charge is 0.307 e. The lowest BCUT2D eigenvalue weighted by atomic mass is 10.2. The highest BCUT2D eigenvalue weighted by Gasteiger charge is 2.26. The number of nitrogens with zero attached hydrogens (tertiary/aromatic N) is 2. The summed E-state index contributed by atoms with van der Waals surface area (Å²) in [6.07, 6.45) is 1.44. The van der Waals surface area contributed by atoms with Crippen LogP contribution in [0.2, 0.25) is 0 Å². The summed E-state index contributed by atoms with van der Waals surface area (Å²) in [7, 11) is -3.79. The molecule has 4 rings (SSSR count). The molecule has 3 heterocycles. The molecule has 0 amide bonds. The van der Waals surface area contributed by atoms with Crippen molar-refractivity contribution in [3.63, 3.8) is 0 Å². The van der Waals surface area contributed by atoms with Crippen LogP contribution in [0.5, 0.6) is 0 Å². The van der Waals surface area contributed by atoms with Crippen LogP contribution in [-0.4, -0.2) is 17.4 Å². The minimum atomic E-state index is -3.79. The lowest BCUT2D eigenvalue weighted by Gasteiger charge is -2.16. The molecule has 0 saturated carbocycles. The van der Waals surface area contributed by atoms with Gasteiger partial charge in [0, 0.05) is 6.54 Å². The first kappa shape index (κ1) is 17.8. The van der Waals surface area contributed by atoms with Crippen molar-refractivity contribution in [1.29, 1.82) is 0 Å². The molecule has 9 heteroatoms. The summed E-state index contributed by atoms with van der Waals surface area (Å²) < 4.78 is 33.1. The molecule has 1 N–H and O–H groups in total. The van der Waals surface area contributed by atoms with E-state index in [-0.39, 0.29) is 10.5 Å². The highest BCUT2D eigenvalue weighted by Crippen LogP contribution is 2.33. The Kier molecular flexibility index (Phi) is 4.28. The van der Waals surface area contributed by atoms with E-state index in [0.29, 0.717) is 39.1 Å². The minimum Gasteiger partial charge on any atom is -0.307 e. The van der Waals surface area contributed by atoms with Gasteiger partial charge in [-0.2, -0.15) is 0 Å². The van der Waals surface area contributed by atoms with Gasteiger partial charge in [0.05, 0.1) is 15.1 Å². The second-order valence-corrected chi connectivity index (χ2v) is 9.57. The number of halogens is 2. The van der Waals surface area contributed by atoms with Gasteiger partial charge in [-0.1, -0.05) is 17.7 Å². The molecule has 3 aromatic rings. The molecule has 0 spiro atoms. The third-order valence-corrected chi connectivity index (χ3v) is 7.82. The molecule has 0 fully saturated rings. The average molecular weight is 501 g/mol. The van der Waals surface area contributed by atoms with Crippen LogP contribution in [0, 0.1) is 6.92 Å². The van der Waals surface area contributed by atoms with Gasteiger partial charge in [0.1, 0.15) is 15.9 Å². The molecule has 0 radical (unpaired) electrons. The fraction of sp³-hybridized carbons (Fsp3) is 0.235. The highest BCUT2D eigenvalue weighted by molar-refractivity contribution is 9.13. The number of hydrogen-bond donors (Lipinski definition) is 1. The van der Waals surface area contributed by atoms with Gasteiger partial charge in [0.15, 0.2) is 0 Å². The van der Waals surface area contributed by atoms with Crippen molar-refractivity contribution in [3.05, 3.63) is 61.0 Å². The Morgan fingerprint density at radius 2 is 1.85 bits per heavy atom. The van der Waals surface area contributed by atoms with Crippen LogP contribution in [0.1, 0.15) is 17.7 Å². The predicted octanol–water partition coefficient (Wildman–Crippen LogP) is 3.68. The normalized spacial score (nSPS) is 14.0. The van der Waals surface area contributed by atoms with Crippen LogP contribution in [0.25, 0.3) is 5.52 Å². The van der Waals surface area contributed by atoms with E-state index in [2.05, 4.69) is 36.6 Å². The molecule has 136 valence electrons. The molecule has 26 heavy (non-hydrogen) atoms. The Hall–Kier alpha value is -1.58. The Bertz CT molecular complexity index is 1190. The Morgan fingerprint density at radius 3 is 2.54 bits per heavy atom. The monoisotopic (exact) mass is 499 g/mol. The van der Waals surface area contributed by atoms with Crippen molar-refractivity contribution in [2.45, 2.75) is 31.2 Å². The van der Waals surface area contributed by atoms with E-state index in [1.807, 2.05) is 6.92 Å². The third-order valence-electron chi connectivity index (χ3n) is 4.54. The van der Waals surface area contributed by atoms with Crippen molar-refractivity contribution < 1.29 is 8.42 Å². The zero-order valence-corrected chi connectivity index (χ0v) is 17.8. The topological polar surface area (TPSA) is 72.6 Å². The third kappa shape index (κ3) is 2.73. The molecular formula is C17H15Br2N3O3S. The second kappa shape index (κ2) is 6.24. The van der Waals surface area contributed by atoms with Gasteiger partial charge in [-0.3, -0.25) is 13.9 Å². The molecule has 1 aliphatic heterocycles. The standard InChI is InChI=1S/C17H15Br2N3O3S/c1-10-4-6-11(7-5-10)26(24,25)20-16-13-3-2-8-21(13)17(23)14-9-12(18)15(19)22(14)16/h4-7,9,20H,2-3,8H2,1H3. The van der Waals surface area contributed by atoms with Crippen molar-refractivity contribution in [2.24, 2.45) is 0 Å². The molecule has 0 atom stereocenters. The molecule has 0 bridgehead atoms. The number of aryl methyl sites for hydroxylation is 1. The molecule has 1 aromatic carbocycles. The van der Waals surface area contributed by atoms with Crippen molar-refractivity contribution in [1.82, 2.24) is 8.97 Å². The Balaban J connectivity index is 1.96. The summed E-state index contributed by atoms with van der Waals surface area (Å²) in [5.41, 5.74) is 1.97. The van der Waals surface area contributed by atoms with Crippen LogP contribution < -0.4 is 10.3 Å². The number of nitrogens with one attached hydrogen (secondary N) is 1. The van der Waals surface area contributed by atoms with Gasteiger partial charge in [-0.05, 0) is 69.8 Å². The van der Waals surface area contributed by atoms with E-state index >= 15 is 0 Å². The first-order valence-electron chi connectivity index (χ1n) is 8.01. The molecule has 6 nitrogen and oxygen atoms in total. The summed E-state index contributed by atoms with van der Waals surface area (Å²) >= 11 is 6.86. The summed E-state index contributed by atoms with van der Waals surface area (Å²) in [5.74, 6) is 0.398. The molecule has 0 aliphatic carbocycles. The predicted molar refractivity (Wildman–Crippen MR) is 107 cm³/mol. The van der Waals surface area contributed by atoms with E-state index in [4.69, 9.17) is 0 Å². The van der Waals surface area contributed by atoms with Crippen molar-refractivity contribution in [3.8, 4) is 0 Å². The number of rotatable bonds is 3. The number of anilines is 1. The van der Waals surface area contributed by atoms with Gasteiger partial charge >= 0.3 is 0 Å². The first-order valence-corrected chi connectivity index (χ1v) is 11.1. The van der Waals surface area contributed by atoms with Gasteiger partial charge < -0.3 is 4.57 Å². The zero-order valence-electron chi connectivity index (χ0n) is 13.8.